The van der Waals surface area contributed by atoms with Crippen molar-refractivity contribution in [2.75, 3.05) is 12.3 Å². The third-order valence-corrected chi connectivity index (χ3v) is 2.91. The first-order chi connectivity index (χ1) is 9.24. The van der Waals surface area contributed by atoms with Crippen molar-refractivity contribution in [2.24, 2.45) is 0 Å². The standard InChI is InChI=1S/C14H19N3O2/c1-3-12(18-4-2)14-16-13(19-17-14)9-10-7-5-6-8-11(10)15/h5-8,12H,3-4,9,15H2,1-2H3. The van der Waals surface area contributed by atoms with Crippen LogP contribution in [-0.4, -0.2) is 16.7 Å². The Hall–Kier alpha value is -1.88. The fourth-order valence-corrected chi connectivity index (χ4v) is 1.90. The Kier molecular flexibility index (Phi) is 4.52. The second kappa shape index (κ2) is 6.33. The molecule has 102 valence electrons. The number of nitrogens with zero attached hydrogens (tertiary/aromatic N) is 2. The predicted octanol–water partition coefficient (Wildman–Crippen LogP) is 2.73. The Bertz CT molecular complexity index is 525. The van der Waals surface area contributed by atoms with Gasteiger partial charge in [0.25, 0.3) is 0 Å². The zero-order valence-corrected chi connectivity index (χ0v) is 11.3. The van der Waals surface area contributed by atoms with Crippen LogP contribution in [0.1, 0.15) is 43.7 Å². The highest BCUT2D eigenvalue weighted by Gasteiger charge is 2.17. The molecule has 0 saturated carbocycles. The molecule has 0 spiro atoms. The number of ether oxygens (including phenoxy) is 1. The summed E-state index contributed by atoms with van der Waals surface area (Å²) in [7, 11) is 0. The minimum Gasteiger partial charge on any atom is -0.398 e. The van der Waals surface area contributed by atoms with Crippen molar-refractivity contribution < 1.29 is 9.26 Å². The van der Waals surface area contributed by atoms with Crippen molar-refractivity contribution in [3.05, 3.63) is 41.5 Å². The fourth-order valence-electron chi connectivity index (χ4n) is 1.90. The Morgan fingerprint density at radius 1 is 1.32 bits per heavy atom. The third-order valence-electron chi connectivity index (χ3n) is 2.91. The van der Waals surface area contributed by atoms with E-state index >= 15 is 0 Å². The minimum absolute atomic E-state index is 0.101. The zero-order chi connectivity index (χ0) is 13.7. The fraction of sp³-hybridized carbons (Fsp3) is 0.429. The molecule has 1 heterocycles. The van der Waals surface area contributed by atoms with Gasteiger partial charge in [-0.25, -0.2) is 0 Å². The van der Waals surface area contributed by atoms with Crippen LogP contribution in [0.4, 0.5) is 5.69 Å². The van der Waals surface area contributed by atoms with Gasteiger partial charge in [-0.3, -0.25) is 0 Å². The van der Waals surface area contributed by atoms with Gasteiger partial charge in [0.05, 0.1) is 6.42 Å². The molecule has 1 unspecified atom stereocenters. The number of aromatic nitrogens is 2. The number of benzene rings is 1. The van der Waals surface area contributed by atoms with Crippen molar-refractivity contribution in [2.45, 2.75) is 32.8 Å². The Balaban J connectivity index is 2.11. The molecule has 0 saturated heterocycles. The van der Waals surface area contributed by atoms with Crippen molar-refractivity contribution >= 4 is 5.69 Å². The van der Waals surface area contributed by atoms with E-state index in [1.165, 1.54) is 0 Å². The number of para-hydroxylation sites is 1. The van der Waals surface area contributed by atoms with Crippen LogP contribution < -0.4 is 5.73 Å². The molecule has 0 bridgehead atoms. The zero-order valence-electron chi connectivity index (χ0n) is 11.3. The van der Waals surface area contributed by atoms with E-state index in [4.69, 9.17) is 15.0 Å². The lowest BCUT2D eigenvalue weighted by Crippen LogP contribution is -2.05. The smallest absolute Gasteiger partial charge is 0.231 e. The number of anilines is 1. The topological polar surface area (TPSA) is 74.2 Å². The lowest BCUT2D eigenvalue weighted by Gasteiger charge is -2.09. The molecule has 1 aromatic carbocycles. The van der Waals surface area contributed by atoms with E-state index in [9.17, 15) is 0 Å². The van der Waals surface area contributed by atoms with Gasteiger partial charge in [-0.2, -0.15) is 4.98 Å². The van der Waals surface area contributed by atoms with Crippen molar-refractivity contribution in [1.29, 1.82) is 0 Å². The van der Waals surface area contributed by atoms with Crippen LogP contribution >= 0.6 is 0 Å². The molecule has 0 radical (unpaired) electrons. The van der Waals surface area contributed by atoms with Crippen molar-refractivity contribution in [3.8, 4) is 0 Å². The van der Waals surface area contributed by atoms with E-state index in [2.05, 4.69) is 10.1 Å². The summed E-state index contributed by atoms with van der Waals surface area (Å²) < 4.78 is 10.8. The first kappa shape index (κ1) is 13.5. The Labute approximate surface area is 112 Å². The Morgan fingerprint density at radius 2 is 2.11 bits per heavy atom. The van der Waals surface area contributed by atoms with E-state index in [0.717, 1.165) is 17.7 Å². The van der Waals surface area contributed by atoms with E-state index < -0.39 is 0 Å². The first-order valence-corrected chi connectivity index (χ1v) is 6.52. The average molecular weight is 261 g/mol. The summed E-state index contributed by atoms with van der Waals surface area (Å²) in [5.74, 6) is 1.17. The first-order valence-electron chi connectivity index (χ1n) is 6.52. The number of nitrogens with two attached hydrogens (primary N) is 1. The molecule has 0 fully saturated rings. The molecule has 5 heteroatoms. The maximum atomic E-state index is 5.89. The molecule has 5 nitrogen and oxygen atoms in total. The normalized spacial score (nSPS) is 12.5. The molecule has 0 aliphatic carbocycles. The molecule has 1 aromatic heterocycles. The molecule has 1 atom stereocenters. The average Bonchev–Trinajstić information content (AvgIpc) is 2.87. The van der Waals surface area contributed by atoms with Gasteiger partial charge in [0, 0.05) is 12.3 Å². The highest BCUT2D eigenvalue weighted by molar-refractivity contribution is 5.47. The molecular formula is C14H19N3O2. The number of hydrogen-bond donors (Lipinski definition) is 1. The highest BCUT2D eigenvalue weighted by Crippen LogP contribution is 2.20. The van der Waals surface area contributed by atoms with Crippen molar-refractivity contribution in [1.82, 2.24) is 10.1 Å². The third kappa shape index (κ3) is 3.32. The quantitative estimate of drug-likeness (QED) is 0.809. The summed E-state index contributed by atoms with van der Waals surface area (Å²) in [6.07, 6.45) is 1.26. The molecule has 2 N–H and O–H groups in total. The van der Waals surface area contributed by atoms with E-state index in [-0.39, 0.29) is 6.10 Å². The largest absolute Gasteiger partial charge is 0.398 e. The number of rotatable bonds is 6. The summed E-state index contributed by atoms with van der Waals surface area (Å²) in [6.45, 7) is 4.62. The van der Waals surface area contributed by atoms with Gasteiger partial charge >= 0.3 is 0 Å². The monoisotopic (exact) mass is 261 g/mol. The molecule has 2 aromatic rings. The summed E-state index contributed by atoms with van der Waals surface area (Å²) in [5, 5.41) is 3.98. The number of nitrogen functional groups attached to an aromatic ring is 1. The minimum atomic E-state index is -0.101. The molecule has 2 rings (SSSR count). The lowest BCUT2D eigenvalue weighted by atomic mass is 10.1. The number of hydrogen-bond acceptors (Lipinski definition) is 5. The summed E-state index contributed by atoms with van der Waals surface area (Å²) in [6, 6.07) is 7.67. The van der Waals surface area contributed by atoms with E-state index in [1.54, 1.807) is 0 Å². The van der Waals surface area contributed by atoms with Crippen LogP contribution in [0.2, 0.25) is 0 Å². The summed E-state index contributed by atoms with van der Waals surface area (Å²) in [5.41, 5.74) is 7.62. The van der Waals surface area contributed by atoms with Gasteiger partial charge in [-0.1, -0.05) is 30.3 Å². The maximum absolute atomic E-state index is 5.89. The van der Waals surface area contributed by atoms with Crippen LogP contribution in [0.5, 0.6) is 0 Å². The van der Waals surface area contributed by atoms with Crippen LogP contribution in [0.25, 0.3) is 0 Å². The van der Waals surface area contributed by atoms with Gasteiger partial charge in [-0.05, 0) is 25.0 Å². The Morgan fingerprint density at radius 3 is 2.79 bits per heavy atom. The molecule has 0 aliphatic rings. The van der Waals surface area contributed by atoms with Gasteiger partial charge in [-0.15, -0.1) is 0 Å². The van der Waals surface area contributed by atoms with Crippen LogP contribution in [0, 0.1) is 0 Å². The molecule has 19 heavy (non-hydrogen) atoms. The SMILES string of the molecule is CCOC(CC)c1noc(Cc2ccccc2N)n1. The van der Waals surface area contributed by atoms with Gasteiger partial charge in [0.15, 0.2) is 0 Å². The van der Waals surface area contributed by atoms with Gasteiger partial charge in [0.1, 0.15) is 6.10 Å². The molecular weight excluding hydrogens is 242 g/mol. The second-order valence-electron chi connectivity index (χ2n) is 4.27. The highest BCUT2D eigenvalue weighted by atomic mass is 16.5. The van der Waals surface area contributed by atoms with E-state index in [0.29, 0.717) is 24.7 Å². The lowest BCUT2D eigenvalue weighted by molar-refractivity contribution is 0.0518. The van der Waals surface area contributed by atoms with E-state index in [1.807, 2.05) is 38.1 Å². The van der Waals surface area contributed by atoms with Gasteiger partial charge in [0.2, 0.25) is 11.7 Å². The van der Waals surface area contributed by atoms with Gasteiger partial charge < -0.3 is 15.0 Å². The summed E-state index contributed by atoms with van der Waals surface area (Å²) >= 11 is 0. The molecule has 0 amide bonds. The van der Waals surface area contributed by atoms with Crippen LogP contribution in [-0.2, 0) is 11.2 Å². The predicted molar refractivity (Wildman–Crippen MR) is 72.6 cm³/mol. The maximum Gasteiger partial charge on any atom is 0.231 e. The van der Waals surface area contributed by atoms with Crippen LogP contribution in [0.15, 0.2) is 28.8 Å². The molecule has 0 aliphatic heterocycles. The van der Waals surface area contributed by atoms with Crippen molar-refractivity contribution in [3.63, 3.8) is 0 Å². The summed E-state index contributed by atoms with van der Waals surface area (Å²) in [4.78, 5) is 4.38. The van der Waals surface area contributed by atoms with Crippen LogP contribution in [0.3, 0.4) is 0 Å². The second-order valence-corrected chi connectivity index (χ2v) is 4.27.